The molecule has 2 heterocycles. The van der Waals surface area contributed by atoms with E-state index in [2.05, 4.69) is 17.2 Å². The number of pyridine rings is 1. The Morgan fingerprint density at radius 3 is 3.22 bits per heavy atom. The molecule has 1 aromatic heterocycles. The van der Waals surface area contributed by atoms with Gasteiger partial charge in [0.25, 0.3) is 0 Å². The minimum Gasteiger partial charge on any atom is -0.477 e. The van der Waals surface area contributed by atoms with Crippen LogP contribution in [0.5, 0.6) is 5.88 Å². The summed E-state index contributed by atoms with van der Waals surface area (Å²) < 4.78 is 5.69. The van der Waals surface area contributed by atoms with Crippen LogP contribution in [0.2, 0.25) is 0 Å². The maximum Gasteiger partial charge on any atom is 0.317 e. The highest BCUT2D eigenvalue weighted by Gasteiger charge is 2.22. The molecule has 0 aromatic carbocycles. The van der Waals surface area contributed by atoms with Crippen LogP contribution in [0.25, 0.3) is 0 Å². The molecule has 1 aromatic rings. The highest BCUT2D eigenvalue weighted by Crippen LogP contribution is 2.29. The van der Waals surface area contributed by atoms with Gasteiger partial charge in [0.1, 0.15) is 0 Å². The van der Waals surface area contributed by atoms with Crippen molar-refractivity contribution in [3.63, 3.8) is 0 Å². The number of thioether (sulfide) groups is 1. The van der Waals surface area contributed by atoms with Crippen LogP contribution >= 0.6 is 11.8 Å². The summed E-state index contributed by atoms with van der Waals surface area (Å²) in [6.07, 6.45) is 4.28. The first kappa shape index (κ1) is 16.4. The summed E-state index contributed by atoms with van der Waals surface area (Å²) >= 11 is 1.93. The molecule has 126 valence electrons. The van der Waals surface area contributed by atoms with Crippen LogP contribution in [-0.4, -0.2) is 47.1 Å². The van der Waals surface area contributed by atoms with Crippen LogP contribution in [0, 0.1) is 11.8 Å². The molecule has 0 radical (unpaired) electrons. The van der Waals surface area contributed by atoms with Gasteiger partial charge >= 0.3 is 6.03 Å². The second kappa shape index (κ2) is 7.90. The smallest absolute Gasteiger partial charge is 0.317 e. The summed E-state index contributed by atoms with van der Waals surface area (Å²) in [6.45, 7) is 5.13. The number of rotatable bonds is 5. The third kappa shape index (κ3) is 5.30. The Kier molecular flexibility index (Phi) is 5.65. The lowest BCUT2D eigenvalue weighted by molar-refractivity contribution is 0.195. The van der Waals surface area contributed by atoms with Crippen molar-refractivity contribution in [2.45, 2.75) is 26.3 Å². The second-order valence-corrected chi connectivity index (χ2v) is 7.69. The molecule has 5 nitrogen and oxygen atoms in total. The van der Waals surface area contributed by atoms with Gasteiger partial charge in [-0.2, -0.15) is 11.8 Å². The first-order chi connectivity index (χ1) is 11.2. The van der Waals surface area contributed by atoms with E-state index in [1.807, 2.05) is 28.8 Å². The molecule has 1 N–H and O–H groups in total. The van der Waals surface area contributed by atoms with Crippen LogP contribution in [0.15, 0.2) is 18.3 Å². The maximum atomic E-state index is 12.3. The fourth-order valence-electron chi connectivity index (χ4n) is 2.58. The number of amides is 2. The molecule has 2 fully saturated rings. The Labute approximate surface area is 142 Å². The predicted octanol–water partition coefficient (Wildman–Crippen LogP) is 2.76. The van der Waals surface area contributed by atoms with Gasteiger partial charge in [-0.1, -0.05) is 6.92 Å². The van der Waals surface area contributed by atoms with E-state index in [0.29, 0.717) is 24.3 Å². The van der Waals surface area contributed by atoms with Crippen molar-refractivity contribution < 1.29 is 9.53 Å². The number of hydrogen-bond donors (Lipinski definition) is 1. The molecule has 6 heteroatoms. The molecule has 1 aliphatic heterocycles. The lowest BCUT2D eigenvalue weighted by Gasteiger charge is -2.22. The summed E-state index contributed by atoms with van der Waals surface area (Å²) in [5.74, 6) is 4.07. The van der Waals surface area contributed by atoms with E-state index in [9.17, 15) is 4.79 Å². The summed E-state index contributed by atoms with van der Waals surface area (Å²) in [5.41, 5.74) is 1.02. The van der Waals surface area contributed by atoms with Gasteiger partial charge in [0.2, 0.25) is 5.88 Å². The predicted molar refractivity (Wildman–Crippen MR) is 92.8 cm³/mol. The van der Waals surface area contributed by atoms with Crippen molar-refractivity contribution in [3.8, 4) is 5.88 Å². The SMILES string of the molecule is C[C@@H]1CSCCN(C(=O)NCc2ccnc(OCC3CC3)c2)C1. The van der Waals surface area contributed by atoms with Crippen LogP contribution in [0.1, 0.15) is 25.3 Å². The third-order valence-corrected chi connectivity index (χ3v) is 5.41. The van der Waals surface area contributed by atoms with E-state index < -0.39 is 0 Å². The van der Waals surface area contributed by atoms with Gasteiger partial charge in [0, 0.05) is 37.7 Å². The van der Waals surface area contributed by atoms with E-state index in [0.717, 1.165) is 36.8 Å². The quantitative estimate of drug-likeness (QED) is 0.899. The van der Waals surface area contributed by atoms with Gasteiger partial charge in [-0.3, -0.25) is 0 Å². The summed E-state index contributed by atoms with van der Waals surface area (Å²) in [7, 11) is 0. The topological polar surface area (TPSA) is 54.5 Å². The Morgan fingerprint density at radius 1 is 1.52 bits per heavy atom. The molecule has 0 spiro atoms. The molecule has 2 amide bonds. The monoisotopic (exact) mass is 335 g/mol. The normalized spacial score (nSPS) is 21.6. The third-order valence-electron chi connectivity index (χ3n) is 4.13. The average molecular weight is 335 g/mol. The first-order valence-electron chi connectivity index (χ1n) is 8.39. The molecular formula is C17H25N3O2S. The van der Waals surface area contributed by atoms with Crippen molar-refractivity contribution in [2.75, 3.05) is 31.2 Å². The van der Waals surface area contributed by atoms with E-state index in [1.165, 1.54) is 12.8 Å². The number of ether oxygens (including phenoxy) is 1. The standard InChI is InChI=1S/C17H25N3O2S/c1-13-10-20(6-7-23-12-13)17(21)19-9-15-4-5-18-16(8-15)22-11-14-2-3-14/h4-5,8,13-14H,2-3,6-7,9-12H2,1H3,(H,19,21)/t13-/m0/s1. The summed E-state index contributed by atoms with van der Waals surface area (Å²) in [4.78, 5) is 18.5. The number of nitrogens with one attached hydrogen (secondary N) is 1. The van der Waals surface area contributed by atoms with Gasteiger partial charge in [-0.15, -0.1) is 0 Å². The van der Waals surface area contributed by atoms with E-state index in [-0.39, 0.29) is 6.03 Å². The molecule has 1 saturated heterocycles. The van der Waals surface area contributed by atoms with Gasteiger partial charge in [0.15, 0.2) is 0 Å². The largest absolute Gasteiger partial charge is 0.477 e. The van der Waals surface area contributed by atoms with Crippen LogP contribution in [0.4, 0.5) is 4.79 Å². The van der Waals surface area contributed by atoms with Crippen molar-refractivity contribution in [1.82, 2.24) is 15.2 Å². The Hall–Kier alpha value is -1.43. The average Bonchev–Trinajstić information content (AvgIpc) is 3.39. The van der Waals surface area contributed by atoms with Gasteiger partial charge in [0.05, 0.1) is 6.61 Å². The molecular weight excluding hydrogens is 310 g/mol. The molecule has 0 bridgehead atoms. The number of hydrogen-bond acceptors (Lipinski definition) is 4. The summed E-state index contributed by atoms with van der Waals surface area (Å²) in [5, 5.41) is 3.02. The lowest BCUT2D eigenvalue weighted by atomic mass is 10.2. The lowest BCUT2D eigenvalue weighted by Crippen LogP contribution is -2.42. The zero-order valence-electron chi connectivity index (χ0n) is 13.7. The maximum absolute atomic E-state index is 12.3. The Balaban J connectivity index is 1.48. The Bertz CT molecular complexity index is 536. The van der Waals surface area contributed by atoms with Gasteiger partial charge < -0.3 is 15.0 Å². The number of carbonyl (C=O) groups excluding carboxylic acids is 1. The molecule has 1 saturated carbocycles. The number of carbonyl (C=O) groups is 1. The highest BCUT2D eigenvalue weighted by atomic mass is 32.2. The molecule has 1 aliphatic carbocycles. The molecule has 23 heavy (non-hydrogen) atoms. The van der Waals surface area contributed by atoms with Crippen LogP contribution in [0.3, 0.4) is 0 Å². The van der Waals surface area contributed by atoms with E-state index in [1.54, 1.807) is 6.20 Å². The second-order valence-electron chi connectivity index (χ2n) is 6.54. The Morgan fingerprint density at radius 2 is 2.39 bits per heavy atom. The van der Waals surface area contributed by atoms with E-state index >= 15 is 0 Å². The fraction of sp³-hybridized carbons (Fsp3) is 0.647. The molecule has 0 unspecified atom stereocenters. The molecule has 3 rings (SSSR count). The van der Waals surface area contributed by atoms with Crippen LogP contribution < -0.4 is 10.1 Å². The number of aromatic nitrogens is 1. The van der Waals surface area contributed by atoms with Crippen molar-refractivity contribution in [3.05, 3.63) is 23.9 Å². The number of urea groups is 1. The fourth-order valence-corrected chi connectivity index (χ4v) is 3.60. The molecule has 2 aliphatic rings. The zero-order chi connectivity index (χ0) is 16.1. The minimum absolute atomic E-state index is 0.0246. The van der Waals surface area contributed by atoms with Gasteiger partial charge in [-0.25, -0.2) is 9.78 Å². The van der Waals surface area contributed by atoms with Gasteiger partial charge in [-0.05, 0) is 42.1 Å². The van der Waals surface area contributed by atoms with Crippen molar-refractivity contribution in [1.29, 1.82) is 0 Å². The van der Waals surface area contributed by atoms with Crippen molar-refractivity contribution in [2.24, 2.45) is 11.8 Å². The minimum atomic E-state index is 0.0246. The molecule has 1 atom stereocenters. The zero-order valence-corrected chi connectivity index (χ0v) is 14.5. The van der Waals surface area contributed by atoms with Crippen LogP contribution in [-0.2, 0) is 6.54 Å². The summed E-state index contributed by atoms with van der Waals surface area (Å²) in [6, 6.07) is 3.87. The first-order valence-corrected chi connectivity index (χ1v) is 9.54. The number of nitrogens with zero attached hydrogens (tertiary/aromatic N) is 2. The van der Waals surface area contributed by atoms with Crippen molar-refractivity contribution >= 4 is 17.8 Å². The highest BCUT2D eigenvalue weighted by molar-refractivity contribution is 7.99. The van der Waals surface area contributed by atoms with E-state index in [4.69, 9.17) is 4.74 Å².